The number of unbranched alkanes of at least 4 members (excludes halogenated alkanes) is 1. The van der Waals surface area contributed by atoms with Crippen LogP contribution in [0.5, 0.6) is 0 Å². The molecule has 0 aromatic heterocycles. The molecule has 0 spiro atoms. The summed E-state index contributed by atoms with van der Waals surface area (Å²) in [5.41, 5.74) is 7.73. The molecule has 0 aliphatic heterocycles. The van der Waals surface area contributed by atoms with E-state index in [1.165, 1.54) is 0 Å². The zero-order valence-electron chi connectivity index (χ0n) is 6.42. The van der Waals surface area contributed by atoms with Crippen molar-refractivity contribution in [3.8, 4) is 0 Å². The van der Waals surface area contributed by atoms with E-state index < -0.39 is 12.0 Å². The van der Waals surface area contributed by atoms with Crippen LogP contribution in [0.1, 0.15) is 19.3 Å². The molecule has 0 unspecified atom stereocenters. The maximum atomic E-state index is 10.2. The molecule has 0 heterocycles. The molecule has 6 N–H and O–H groups in total. The smallest absolute Gasteiger partial charge is 0.320 e. The van der Waals surface area contributed by atoms with Crippen molar-refractivity contribution in [3.05, 3.63) is 0 Å². The minimum Gasteiger partial charge on any atom is -0.480 e. The third kappa shape index (κ3) is 5.78. The van der Waals surface area contributed by atoms with Crippen LogP contribution in [0.25, 0.3) is 0 Å². The van der Waals surface area contributed by atoms with Crippen LogP contribution in [-0.4, -0.2) is 23.7 Å². The molecular formula is C6H15N3O2. The van der Waals surface area contributed by atoms with E-state index in [1.54, 1.807) is 0 Å². The Morgan fingerprint density at radius 1 is 1.55 bits per heavy atom. The van der Waals surface area contributed by atoms with Crippen LogP contribution in [0, 0.1) is 0 Å². The van der Waals surface area contributed by atoms with Crippen LogP contribution in [0.15, 0.2) is 0 Å². The van der Waals surface area contributed by atoms with Gasteiger partial charge in [-0.3, -0.25) is 16.1 Å². The molecule has 5 nitrogen and oxygen atoms in total. The second-order valence-electron chi connectivity index (χ2n) is 2.39. The molecule has 0 fully saturated rings. The Morgan fingerprint density at radius 2 is 2.18 bits per heavy atom. The summed E-state index contributed by atoms with van der Waals surface area (Å²) in [5, 5.41) is 8.37. The molecular weight excluding hydrogens is 146 g/mol. The number of hydrogen-bond acceptors (Lipinski definition) is 4. The van der Waals surface area contributed by atoms with Gasteiger partial charge in [0.25, 0.3) is 0 Å². The lowest BCUT2D eigenvalue weighted by atomic mass is 10.1. The van der Waals surface area contributed by atoms with Gasteiger partial charge in [-0.15, -0.1) is 0 Å². The van der Waals surface area contributed by atoms with Gasteiger partial charge in [-0.05, 0) is 19.3 Å². The summed E-state index contributed by atoms with van der Waals surface area (Å²) in [5.74, 6) is 4.07. The summed E-state index contributed by atoms with van der Waals surface area (Å²) in [7, 11) is 0. The lowest BCUT2D eigenvalue weighted by Crippen LogP contribution is -2.30. The summed E-state index contributed by atoms with van der Waals surface area (Å²) >= 11 is 0. The number of carboxylic acid groups (broad SMARTS) is 1. The van der Waals surface area contributed by atoms with E-state index in [-0.39, 0.29) is 0 Å². The molecule has 0 radical (unpaired) electrons. The standard InChI is InChI=1S/C6H15N3O2/c7-5(6(10)11)3-1-2-4-9-8/h5,9H,1-4,7-8H2,(H,10,11)/t5-/m0/s1. The number of carbonyl (C=O) groups is 1. The molecule has 0 aliphatic rings. The van der Waals surface area contributed by atoms with Crippen LogP contribution < -0.4 is 17.0 Å². The van der Waals surface area contributed by atoms with Gasteiger partial charge < -0.3 is 10.8 Å². The normalized spacial score (nSPS) is 12.9. The predicted molar refractivity (Wildman–Crippen MR) is 41.7 cm³/mol. The largest absolute Gasteiger partial charge is 0.480 e. The highest BCUT2D eigenvalue weighted by molar-refractivity contribution is 5.72. The van der Waals surface area contributed by atoms with Crippen LogP contribution in [-0.2, 0) is 4.79 Å². The monoisotopic (exact) mass is 161 g/mol. The molecule has 0 aromatic carbocycles. The van der Waals surface area contributed by atoms with Crippen LogP contribution in [0.3, 0.4) is 0 Å². The summed E-state index contributed by atoms with van der Waals surface area (Å²) in [6, 6.07) is -0.729. The van der Waals surface area contributed by atoms with E-state index in [4.69, 9.17) is 16.7 Å². The van der Waals surface area contributed by atoms with Crippen LogP contribution in [0.4, 0.5) is 0 Å². The summed E-state index contributed by atoms with van der Waals surface area (Å²) in [4.78, 5) is 10.2. The number of aliphatic carboxylic acids is 1. The van der Waals surface area contributed by atoms with Crippen LogP contribution in [0.2, 0.25) is 0 Å². The Labute approximate surface area is 65.7 Å². The second kappa shape index (κ2) is 6.09. The molecule has 0 saturated carbocycles. The molecule has 0 amide bonds. The first-order valence-electron chi connectivity index (χ1n) is 3.60. The van der Waals surface area contributed by atoms with E-state index in [0.717, 1.165) is 12.8 Å². The van der Waals surface area contributed by atoms with Crippen molar-refractivity contribution >= 4 is 5.97 Å². The fourth-order valence-corrected chi connectivity index (χ4v) is 0.715. The summed E-state index contributed by atoms with van der Waals surface area (Å²) < 4.78 is 0. The third-order valence-electron chi connectivity index (χ3n) is 1.40. The van der Waals surface area contributed by atoms with E-state index in [1.807, 2.05) is 0 Å². The molecule has 11 heavy (non-hydrogen) atoms. The van der Waals surface area contributed by atoms with Crippen molar-refractivity contribution in [1.29, 1.82) is 0 Å². The SMILES string of the molecule is NNCCCC[C@H](N)C(=O)O. The number of hydrazine groups is 1. The molecule has 0 bridgehead atoms. The van der Waals surface area contributed by atoms with Crippen molar-refractivity contribution in [1.82, 2.24) is 5.43 Å². The highest BCUT2D eigenvalue weighted by Crippen LogP contribution is 1.97. The number of hydrogen-bond donors (Lipinski definition) is 4. The lowest BCUT2D eigenvalue weighted by Gasteiger charge is -2.04. The minimum atomic E-state index is -0.939. The third-order valence-corrected chi connectivity index (χ3v) is 1.40. The molecule has 1 atom stereocenters. The molecule has 0 aliphatic carbocycles. The molecule has 66 valence electrons. The van der Waals surface area contributed by atoms with Crippen molar-refractivity contribution in [2.24, 2.45) is 11.6 Å². The Hall–Kier alpha value is -0.650. The lowest BCUT2D eigenvalue weighted by molar-refractivity contribution is -0.138. The fraction of sp³-hybridized carbons (Fsp3) is 0.833. The molecule has 0 rings (SSSR count). The van der Waals surface area contributed by atoms with Gasteiger partial charge in [0, 0.05) is 6.54 Å². The predicted octanol–water partition coefficient (Wildman–Crippen LogP) is -0.968. The van der Waals surface area contributed by atoms with E-state index in [0.29, 0.717) is 13.0 Å². The number of rotatable bonds is 6. The topological polar surface area (TPSA) is 101 Å². The molecule has 0 saturated heterocycles. The first kappa shape index (κ1) is 10.3. The van der Waals surface area contributed by atoms with Gasteiger partial charge in [-0.1, -0.05) is 0 Å². The van der Waals surface area contributed by atoms with Gasteiger partial charge in [0.2, 0.25) is 0 Å². The number of nitrogens with two attached hydrogens (primary N) is 2. The number of nitrogens with one attached hydrogen (secondary N) is 1. The second-order valence-corrected chi connectivity index (χ2v) is 2.39. The van der Waals surface area contributed by atoms with Gasteiger partial charge in [0.1, 0.15) is 6.04 Å². The first-order valence-corrected chi connectivity index (χ1v) is 3.60. The Bertz CT molecular complexity index is 118. The molecule has 5 heteroatoms. The van der Waals surface area contributed by atoms with E-state index in [2.05, 4.69) is 5.43 Å². The Kier molecular flexibility index (Phi) is 5.73. The van der Waals surface area contributed by atoms with E-state index >= 15 is 0 Å². The van der Waals surface area contributed by atoms with Crippen molar-refractivity contribution in [2.75, 3.05) is 6.54 Å². The van der Waals surface area contributed by atoms with E-state index in [9.17, 15) is 4.79 Å². The van der Waals surface area contributed by atoms with Gasteiger partial charge in [0.05, 0.1) is 0 Å². The Balaban J connectivity index is 3.17. The van der Waals surface area contributed by atoms with Gasteiger partial charge in [-0.2, -0.15) is 0 Å². The summed E-state index contributed by atoms with van der Waals surface area (Å²) in [6.45, 7) is 0.701. The maximum Gasteiger partial charge on any atom is 0.320 e. The average molecular weight is 161 g/mol. The van der Waals surface area contributed by atoms with Gasteiger partial charge in [-0.25, -0.2) is 0 Å². The van der Waals surface area contributed by atoms with Crippen molar-refractivity contribution < 1.29 is 9.90 Å². The molecule has 0 aromatic rings. The highest BCUT2D eigenvalue weighted by Gasteiger charge is 2.09. The zero-order chi connectivity index (χ0) is 8.69. The van der Waals surface area contributed by atoms with Gasteiger partial charge >= 0.3 is 5.97 Å². The quantitative estimate of drug-likeness (QED) is 0.228. The van der Waals surface area contributed by atoms with Crippen molar-refractivity contribution in [3.63, 3.8) is 0 Å². The first-order chi connectivity index (χ1) is 5.18. The van der Waals surface area contributed by atoms with Crippen molar-refractivity contribution in [2.45, 2.75) is 25.3 Å². The fourth-order valence-electron chi connectivity index (χ4n) is 0.715. The highest BCUT2D eigenvalue weighted by atomic mass is 16.4. The average Bonchev–Trinajstić information content (AvgIpc) is 1.97. The Morgan fingerprint density at radius 3 is 2.64 bits per heavy atom. The minimum absolute atomic E-state index is 0.511. The summed E-state index contributed by atoms with van der Waals surface area (Å²) in [6.07, 6.45) is 2.16. The van der Waals surface area contributed by atoms with Crippen LogP contribution >= 0.6 is 0 Å². The maximum absolute atomic E-state index is 10.2. The zero-order valence-corrected chi connectivity index (χ0v) is 6.42. The van der Waals surface area contributed by atoms with Gasteiger partial charge in [0.15, 0.2) is 0 Å². The number of carboxylic acids is 1.